The summed E-state index contributed by atoms with van der Waals surface area (Å²) in [5.74, 6) is -0.260. The van der Waals surface area contributed by atoms with Crippen molar-refractivity contribution in [2.75, 3.05) is 17.8 Å². The number of nitrogens with zero attached hydrogens (tertiary/aromatic N) is 1. The van der Waals surface area contributed by atoms with E-state index in [0.717, 1.165) is 36.5 Å². The summed E-state index contributed by atoms with van der Waals surface area (Å²) in [5.41, 5.74) is 2.99. The van der Waals surface area contributed by atoms with Crippen LogP contribution in [0.15, 0.2) is 70.3 Å². The molecule has 0 radical (unpaired) electrons. The Hall–Kier alpha value is -2.68. The lowest BCUT2D eigenvalue weighted by molar-refractivity contribution is 0.0951. The Morgan fingerprint density at radius 3 is 2.32 bits per heavy atom. The fourth-order valence-electron chi connectivity index (χ4n) is 3.10. The number of sulfonamides is 1. The molecule has 1 heterocycles. The molecule has 0 unspecified atom stereocenters. The quantitative estimate of drug-likeness (QED) is 0.475. The fraction of sp³-hybridized carbons (Fsp3) is 0.261. The van der Waals surface area contributed by atoms with E-state index in [9.17, 15) is 13.2 Å². The highest BCUT2D eigenvalue weighted by atomic mass is 32.2. The van der Waals surface area contributed by atoms with Crippen LogP contribution in [-0.4, -0.2) is 32.3 Å². The molecule has 2 aromatic carbocycles. The minimum absolute atomic E-state index is 0.229. The zero-order chi connectivity index (χ0) is 22.3. The van der Waals surface area contributed by atoms with Crippen LogP contribution < -0.4 is 10.0 Å². The second-order valence-corrected chi connectivity index (χ2v) is 9.94. The Balaban J connectivity index is 1.59. The van der Waals surface area contributed by atoms with Crippen LogP contribution in [0.3, 0.4) is 0 Å². The molecule has 164 valence electrons. The first kappa shape index (κ1) is 23.0. The maximum Gasteiger partial charge on any atom is 0.271 e. The molecule has 0 aliphatic heterocycles. The van der Waals surface area contributed by atoms with Gasteiger partial charge in [0.05, 0.1) is 0 Å². The number of anilines is 1. The highest BCUT2D eigenvalue weighted by molar-refractivity contribution is 7.94. The summed E-state index contributed by atoms with van der Waals surface area (Å²) < 4.78 is 27.5. The van der Waals surface area contributed by atoms with Crippen molar-refractivity contribution in [2.24, 2.45) is 0 Å². The summed E-state index contributed by atoms with van der Waals surface area (Å²) in [6.45, 7) is 7.63. The van der Waals surface area contributed by atoms with Crippen LogP contribution in [0.1, 0.15) is 35.3 Å². The molecule has 31 heavy (non-hydrogen) atoms. The highest BCUT2D eigenvalue weighted by Gasteiger charge is 2.16. The highest BCUT2D eigenvalue weighted by Crippen LogP contribution is 2.21. The van der Waals surface area contributed by atoms with E-state index in [1.807, 2.05) is 12.1 Å². The molecule has 2 N–H and O–H groups in total. The van der Waals surface area contributed by atoms with Crippen LogP contribution in [0.25, 0.3) is 0 Å². The van der Waals surface area contributed by atoms with Gasteiger partial charge in [-0.2, -0.15) is 0 Å². The minimum atomic E-state index is -3.65. The van der Waals surface area contributed by atoms with Crippen molar-refractivity contribution in [3.05, 3.63) is 82.7 Å². The third-order valence-electron chi connectivity index (χ3n) is 4.91. The molecule has 0 fully saturated rings. The summed E-state index contributed by atoms with van der Waals surface area (Å²) in [6, 6.07) is 17.9. The number of carbonyl (C=O) groups is 1. The van der Waals surface area contributed by atoms with Gasteiger partial charge in [-0.3, -0.25) is 14.4 Å². The van der Waals surface area contributed by atoms with Gasteiger partial charge in [-0.15, -0.1) is 11.3 Å². The molecule has 0 aliphatic carbocycles. The lowest BCUT2D eigenvalue weighted by Gasteiger charge is -2.18. The van der Waals surface area contributed by atoms with E-state index in [0.29, 0.717) is 17.8 Å². The second kappa shape index (κ2) is 10.6. The van der Waals surface area contributed by atoms with Crippen molar-refractivity contribution in [1.82, 2.24) is 10.2 Å². The molecule has 0 aliphatic rings. The minimum Gasteiger partial charge on any atom is -0.348 e. The van der Waals surface area contributed by atoms with Gasteiger partial charge in [0.15, 0.2) is 0 Å². The molecule has 0 bridgehead atoms. The Bertz CT molecular complexity index is 1090. The molecule has 6 nitrogen and oxygen atoms in total. The van der Waals surface area contributed by atoms with E-state index in [1.165, 1.54) is 17.7 Å². The van der Waals surface area contributed by atoms with Crippen LogP contribution >= 0.6 is 11.3 Å². The van der Waals surface area contributed by atoms with E-state index >= 15 is 0 Å². The van der Waals surface area contributed by atoms with Crippen LogP contribution in [0.2, 0.25) is 0 Å². The molecule has 0 saturated carbocycles. The number of benzene rings is 2. The standard InChI is InChI=1S/C23H27N3O3S2/c1-3-26(4-2)17-19-12-10-18(11-13-19)16-24-23(27)20-7-5-8-21(15-20)25-31(28,29)22-9-6-14-30-22/h5-15,25H,3-4,16-17H2,1-2H3,(H,24,27). The van der Waals surface area contributed by atoms with Crippen LogP contribution in [0, 0.1) is 0 Å². The topological polar surface area (TPSA) is 78.5 Å². The van der Waals surface area contributed by atoms with Gasteiger partial charge in [0.1, 0.15) is 4.21 Å². The number of nitrogens with one attached hydrogen (secondary N) is 2. The number of hydrogen-bond donors (Lipinski definition) is 2. The van der Waals surface area contributed by atoms with E-state index < -0.39 is 10.0 Å². The smallest absolute Gasteiger partial charge is 0.271 e. The molecule has 3 rings (SSSR count). The summed E-state index contributed by atoms with van der Waals surface area (Å²) in [6.07, 6.45) is 0. The second-order valence-electron chi connectivity index (χ2n) is 7.08. The van der Waals surface area contributed by atoms with Gasteiger partial charge in [-0.05, 0) is 53.9 Å². The average Bonchev–Trinajstić information content (AvgIpc) is 3.33. The Morgan fingerprint density at radius 1 is 0.968 bits per heavy atom. The van der Waals surface area contributed by atoms with E-state index in [2.05, 4.69) is 40.9 Å². The Labute approximate surface area is 188 Å². The molecule has 1 aromatic heterocycles. The number of thiophene rings is 1. The molecular formula is C23H27N3O3S2. The van der Waals surface area contributed by atoms with Crippen LogP contribution in [-0.2, 0) is 23.1 Å². The first-order valence-corrected chi connectivity index (χ1v) is 12.5. The maximum absolute atomic E-state index is 12.6. The predicted molar refractivity (Wildman–Crippen MR) is 126 cm³/mol. The molecule has 1 amide bonds. The van der Waals surface area contributed by atoms with Gasteiger partial charge in [0.25, 0.3) is 15.9 Å². The molecular weight excluding hydrogens is 430 g/mol. The summed E-state index contributed by atoms with van der Waals surface area (Å²) in [5, 5.41) is 4.59. The number of rotatable bonds is 10. The summed E-state index contributed by atoms with van der Waals surface area (Å²) >= 11 is 1.14. The molecule has 0 saturated heterocycles. The number of carbonyl (C=O) groups excluding carboxylic acids is 1. The first-order chi connectivity index (χ1) is 14.9. The number of hydrogen-bond acceptors (Lipinski definition) is 5. The molecule has 8 heteroatoms. The lowest BCUT2D eigenvalue weighted by atomic mass is 10.1. The first-order valence-electron chi connectivity index (χ1n) is 10.2. The van der Waals surface area contributed by atoms with Gasteiger partial charge >= 0.3 is 0 Å². The van der Waals surface area contributed by atoms with Crippen molar-refractivity contribution in [3.63, 3.8) is 0 Å². The molecule has 3 aromatic rings. The van der Waals surface area contributed by atoms with E-state index in [1.54, 1.807) is 29.6 Å². The van der Waals surface area contributed by atoms with Gasteiger partial charge in [0.2, 0.25) is 0 Å². The third kappa shape index (κ3) is 6.40. The zero-order valence-corrected chi connectivity index (χ0v) is 19.3. The van der Waals surface area contributed by atoms with E-state index in [-0.39, 0.29) is 10.1 Å². The van der Waals surface area contributed by atoms with Crippen molar-refractivity contribution in [2.45, 2.75) is 31.1 Å². The van der Waals surface area contributed by atoms with Gasteiger partial charge in [-0.1, -0.05) is 50.2 Å². The van der Waals surface area contributed by atoms with E-state index in [4.69, 9.17) is 0 Å². The molecule has 0 spiro atoms. The van der Waals surface area contributed by atoms with Crippen molar-refractivity contribution >= 4 is 33.0 Å². The van der Waals surface area contributed by atoms with Gasteiger partial charge in [0, 0.05) is 24.3 Å². The zero-order valence-electron chi connectivity index (χ0n) is 17.7. The van der Waals surface area contributed by atoms with Crippen molar-refractivity contribution in [1.29, 1.82) is 0 Å². The third-order valence-corrected chi connectivity index (χ3v) is 7.69. The van der Waals surface area contributed by atoms with Gasteiger partial charge in [-0.25, -0.2) is 8.42 Å². The van der Waals surface area contributed by atoms with Crippen molar-refractivity contribution in [3.8, 4) is 0 Å². The monoisotopic (exact) mass is 457 g/mol. The maximum atomic E-state index is 12.6. The van der Waals surface area contributed by atoms with Crippen LogP contribution in [0.4, 0.5) is 5.69 Å². The fourth-order valence-corrected chi connectivity index (χ4v) is 5.14. The average molecular weight is 458 g/mol. The SMILES string of the molecule is CCN(CC)Cc1ccc(CNC(=O)c2cccc(NS(=O)(=O)c3cccs3)c2)cc1. The molecule has 0 atom stereocenters. The van der Waals surface area contributed by atoms with Gasteiger partial charge < -0.3 is 5.32 Å². The summed E-state index contributed by atoms with van der Waals surface area (Å²) in [7, 11) is -3.65. The van der Waals surface area contributed by atoms with Crippen LogP contribution in [0.5, 0.6) is 0 Å². The normalized spacial score (nSPS) is 11.5. The Kier molecular flexibility index (Phi) is 7.84. The number of amides is 1. The summed E-state index contributed by atoms with van der Waals surface area (Å²) in [4.78, 5) is 14.9. The van der Waals surface area contributed by atoms with Crippen molar-refractivity contribution < 1.29 is 13.2 Å². The lowest BCUT2D eigenvalue weighted by Crippen LogP contribution is -2.23. The largest absolute Gasteiger partial charge is 0.348 e. The predicted octanol–water partition coefficient (Wildman–Crippen LogP) is 4.32. The Morgan fingerprint density at radius 2 is 1.68 bits per heavy atom.